The molecule has 5 rings (SSSR count). The van der Waals surface area contributed by atoms with E-state index in [2.05, 4.69) is 22.4 Å². The SMILES string of the molecule is COc1ccc(C2CCc3cc(OC(=O)C(C)(C)C)ccc3C2)c(NCCC(=O)c2ccc(OCc3ccccc3)cn2)c1. The number of esters is 1. The number of nitrogens with zero attached hydrogens (tertiary/aromatic N) is 1. The van der Waals surface area contributed by atoms with Gasteiger partial charge in [-0.3, -0.25) is 9.59 Å². The van der Waals surface area contributed by atoms with E-state index in [0.717, 1.165) is 36.3 Å². The van der Waals surface area contributed by atoms with Crippen molar-refractivity contribution in [3.63, 3.8) is 0 Å². The van der Waals surface area contributed by atoms with Gasteiger partial charge in [-0.15, -0.1) is 0 Å². The Balaban J connectivity index is 1.19. The van der Waals surface area contributed by atoms with Gasteiger partial charge in [0.25, 0.3) is 0 Å². The molecule has 1 unspecified atom stereocenters. The lowest BCUT2D eigenvalue weighted by molar-refractivity contribution is -0.143. The van der Waals surface area contributed by atoms with Crippen LogP contribution in [0.2, 0.25) is 0 Å². The Hall–Kier alpha value is -4.65. The number of Topliss-reactive ketones (excluding diaryl/α,β-unsaturated/α-hetero) is 1. The number of carbonyl (C=O) groups excluding carboxylic acids is 2. The summed E-state index contributed by atoms with van der Waals surface area (Å²) in [6, 6.07) is 25.5. The predicted molar refractivity (Wildman–Crippen MR) is 172 cm³/mol. The molecule has 0 radical (unpaired) electrons. The Morgan fingerprint density at radius 1 is 0.909 bits per heavy atom. The van der Waals surface area contributed by atoms with Crippen LogP contribution in [0.25, 0.3) is 0 Å². The number of methoxy groups -OCH3 is 1. The van der Waals surface area contributed by atoms with E-state index < -0.39 is 5.41 Å². The van der Waals surface area contributed by atoms with Crippen LogP contribution in [0.3, 0.4) is 0 Å². The van der Waals surface area contributed by atoms with E-state index in [1.165, 1.54) is 16.7 Å². The number of fused-ring (bicyclic) bond motifs is 1. The Morgan fingerprint density at radius 2 is 1.68 bits per heavy atom. The smallest absolute Gasteiger partial charge is 0.316 e. The van der Waals surface area contributed by atoms with E-state index in [1.54, 1.807) is 25.4 Å². The Labute approximate surface area is 259 Å². The molecule has 0 saturated carbocycles. The van der Waals surface area contributed by atoms with Gasteiger partial charge in [0.15, 0.2) is 5.78 Å². The number of benzene rings is 3. The average Bonchev–Trinajstić information content (AvgIpc) is 3.03. The number of ether oxygens (including phenoxy) is 3. The molecule has 44 heavy (non-hydrogen) atoms. The molecule has 0 bridgehead atoms. The van der Waals surface area contributed by atoms with E-state index >= 15 is 0 Å². The van der Waals surface area contributed by atoms with Gasteiger partial charge in [-0.25, -0.2) is 4.98 Å². The topological polar surface area (TPSA) is 86.8 Å². The number of hydrogen-bond acceptors (Lipinski definition) is 7. The first-order valence-electron chi connectivity index (χ1n) is 15.1. The lowest BCUT2D eigenvalue weighted by Crippen LogP contribution is -2.25. The molecule has 0 saturated heterocycles. The molecule has 0 fully saturated rings. The molecule has 0 amide bonds. The van der Waals surface area contributed by atoms with Crippen LogP contribution in [0.1, 0.15) is 72.3 Å². The van der Waals surface area contributed by atoms with Crippen LogP contribution >= 0.6 is 0 Å². The van der Waals surface area contributed by atoms with Crippen molar-refractivity contribution < 1.29 is 23.8 Å². The molecule has 228 valence electrons. The van der Waals surface area contributed by atoms with Crippen molar-refractivity contribution in [2.24, 2.45) is 5.41 Å². The standard InChI is InChI=1S/C37H40N2O5/c1-37(2,3)36(41)44-30-13-12-26-20-28(11-10-27(26)21-30)32-16-14-29(42-4)22-34(32)38-19-18-35(40)33-17-15-31(23-39-33)43-24-25-8-6-5-7-9-25/h5-9,12-17,21-23,28,38H,10-11,18-20,24H2,1-4H3. The van der Waals surface area contributed by atoms with Crippen molar-refractivity contribution in [2.75, 3.05) is 19.0 Å². The number of aromatic nitrogens is 1. The first-order valence-corrected chi connectivity index (χ1v) is 15.1. The van der Waals surface area contributed by atoms with Crippen LogP contribution in [0.15, 0.2) is 85.1 Å². The maximum absolute atomic E-state index is 12.9. The molecule has 1 heterocycles. The molecule has 7 nitrogen and oxygen atoms in total. The monoisotopic (exact) mass is 592 g/mol. The van der Waals surface area contributed by atoms with Crippen molar-refractivity contribution in [3.05, 3.63) is 113 Å². The minimum Gasteiger partial charge on any atom is -0.497 e. The van der Waals surface area contributed by atoms with Crippen LogP contribution in [-0.4, -0.2) is 30.4 Å². The van der Waals surface area contributed by atoms with Gasteiger partial charge in [0.1, 0.15) is 29.5 Å². The lowest BCUT2D eigenvalue weighted by Gasteiger charge is -2.28. The van der Waals surface area contributed by atoms with Crippen molar-refractivity contribution in [3.8, 4) is 17.2 Å². The molecule has 0 spiro atoms. The quantitative estimate of drug-likeness (QED) is 0.109. The van der Waals surface area contributed by atoms with E-state index in [9.17, 15) is 9.59 Å². The zero-order chi connectivity index (χ0) is 31.1. The first kappa shape index (κ1) is 30.8. The Bertz CT molecular complexity index is 1590. The average molecular weight is 593 g/mol. The van der Waals surface area contributed by atoms with Gasteiger partial charge >= 0.3 is 5.97 Å². The minimum atomic E-state index is -0.553. The highest BCUT2D eigenvalue weighted by atomic mass is 16.5. The van der Waals surface area contributed by atoms with E-state index in [-0.39, 0.29) is 11.8 Å². The summed E-state index contributed by atoms with van der Waals surface area (Å²) >= 11 is 0. The number of carbonyl (C=O) groups is 2. The second-order valence-corrected chi connectivity index (χ2v) is 12.2. The van der Waals surface area contributed by atoms with Crippen LogP contribution < -0.4 is 19.5 Å². The lowest BCUT2D eigenvalue weighted by atomic mass is 9.79. The molecule has 1 aliphatic rings. The van der Waals surface area contributed by atoms with E-state index in [1.807, 2.05) is 75.4 Å². The maximum Gasteiger partial charge on any atom is 0.316 e. The van der Waals surface area contributed by atoms with Gasteiger partial charge in [0.05, 0.1) is 18.7 Å². The van der Waals surface area contributed by atoms with Crippen LogP contribution in [0, 0.1) is 5.41 Å². The number of nitrogens with one attached hydrogen (secondary N) is 1. The zero-order valence-corrected chi connectivity index (χ0v) is 25.9. The molecule has 7 heteroatoms. The number of rotatable bonds is 11. The first-order chi connectivity index (χ1) is 21.2. The molecule has 3 aromatic carbocycles. The molecular formula is C37H40N2O5. The maximum atomic E-state index is 12.9. The summed E-state index contributed by atoms with van der Waals surface area (Å²) in [5.74, 6) is 2.02. The fourth-order valence-electron chi connectivity index (χ4n) is 5.30. The highest BCUT2D eigenvalue weighted by Crippen LogP contribution is 2.39. The van der Waals surface area contributed by atoms with Crippen LogP contribution in [-0.2, 0) is 24.2 Å². The van der Waals surface area contributed by atoms with E-state index in [4.69, 9.17) is 14.2 Å². The molecule has 1 atom stereocenters. The zero-order valence-electron chi connectivity index (χ0n) is 25.9. The molecule has 1 aliphatic carbocycles. The third-order valence-electron chi connectivity index (χ3n) is 7.87. The van der Waals surface area contributed by atoms with Gasteiger partial charge in [0.2, 0.25) is 0 Å². The highest BCUT2D eigenvalue weighted by molar-refractivity contribution is 5.94. The molecule has 1 N–H and O–H groups in total. The summed E-state index contributed by atoms with van der Waals surface area (Å²) in [7, 11) is 1.65. The number of aryl methyl sites for hydroxylation is 1. The van der Waals surface area contributed by atoms with Crippen molar-refractivity contribution >= 4 is 17.4 Å². The van der Waals surface area contributed by atoms with Gasteiger partial charge in [-0.05, 0) is 98.5 Å². The van der Waals surface area contributed by atoms with Crippen molar-refractivity contribution in [2.45, 2.75) is 59.0 Å². The Morgan fingerprint density at radius 3 is 2.41 bits per heavy atom. The number of pyridine rings is 1. The fourth-order valence-corrected chi connectivity index (χ4v) is 5.30. The largest absolute Gasteiger partial charge is 0.497 e. The summed E-state index contributed by atoms with van der Waals surface area (Å²) in [4.78, 5) is 29.6. The molecule has 4 aromatic rings. The van der Waals surface area contributed by atoms with Crippen molar-refractivity contribution in [1.29, 1.82) is 0 Å². The fraction of sp³-hybridized carbons (Fsp3) is 0.324. The van der Waals surface area contributed by atoms with Crippen LogP contribution in [0.4, 0.5) is 5.69 Å². The highest BCUT2D eigenvalue weighted by Gasteiger charge is 2.26. The second-order valence-electron chi connectivity index (χ2n) is 12.2. The van der Waals surface area contributed by atoms with Gasteiger partial charge in [-0.1, -0.05) is 42.5 Å². The number of ketones is 1. The summed E-state index contributed by atoms with van der Waals surface area (Å²) < 4.78 is 16.9. The minimum absolute atomic E-state index is 0.0360. The summed E-state index contributed by atoms with van der Waals surface area (Å²) in [5.41, 5.74) is 5.59. The predicted octanol–water partition coefficient (Wildman–Crippen LogP) is 7.58. The Kier molecular flexibility index (Phi) is 9.63. The third-order valence-corrected chi connectivity index (χ3v) is 7.87. The number of hydrogen-bond donors (Lipinski definition) is 1. The normalized spacial score (nSPS) is 14.3. The van der Waals surface area contributed by atoms with Gasteiger partial charge in [-0.2, -0.15) is 0 Å². The molecular weight excluding hydrogens is 552 g/mol. The summed E-state index contributed by atoms with van der Waals surface area (Å²) in [6.45, 7) is 6.48. The van der Waals surface area contributed by atoms with Crippen LogP contribution in [0.5, 0.6) is 17.2 Å². The van der Waals surface area contributed by atoms with E-state index in [0.29, 0.717) is 42.7 Å². The van der Waals surface area contributed by atoms with Gasteiger partial charge < -0.3 is 19.5 Å². The summed E-state index contributed by atoms with van der Waals surface area (Å²) in [6.07, 6.45) is 4.64. The second kappa shape index (κ2) is 13.8. The molecule has 0 aliphatic heterocycles. The number of anilines is 1. The summed E-state index contributed by atoms with van der Waals surface area (Å²) in [5, 5.41) is 3.49. The van der Waals surface area contributed by atoms with Gasteiger partial charge in [0, 0.05) is 24.7 Å². The third kappa shape index (κ3) is 7.84. The molecule has 1 aromatic heterocycles. The van der Waals surface area contributed by atoms with Crippen molar-refractivity contribution in [1.82, 2.24) is 4.98 Å².